The van der Waals surface area contributed by atoms with E-state index in [9.17, 15) is 4.79 Å². The summed E-state index contributed by atoms with van der Waals surface area (Å²) in [6.07, 6.45) is 2.72. The first kappa shape index (κ1) is 9.81. The molecule has 1 rings (SSSR count). The van der Waals surface area contributed by atoms with E-state index < -0.39 is 5.97 Å². The van der Waals surface area contributed by atoms with E-state index in [1.165, 1.54) is 30.4 Å². The minimum atomic E-state index is -1.02. The molecule has 0 fully saturated rings. The van der Waals surface area contributed by atoms with Crippen LogP contribution in [0.2, 0.25) is 0 Å². The summed E-state index contributed by atoms with van der Waals surface area (Å²) in [6.45, 7) is 0. The molecule has 0 aliphatic rings. The lowest BCUT2D eigenvalue weighted by Crippen LogP contribution is -1.98. The molecule has 1 aromatic rings. The van der Waals surface area contributed by atoms with Gasteiger partial charge in [0.25, 0.3) is 0 Å². The summed E-state index contributed by atoms with van der Waals surface area (Å²) in [7, 11) is 0. The average molecular weight is 188 g/mol. The van der Waals surface area contributed by atoms with Crippen LogP contribution < -0.4 is 5.73 Å². The number of carboxylic acids is 1. The van der Waals surface area contributed by atoms with Crippen LogP contribution in [0.5, 0.6) is 0 Å². The maximum Gasteiger partial charge on any atom is 0.335 e. The largest absolute Gasteiger partial charge is 0.478 e. The van der Waals surface area contributed by atoms with Gasteiger partial charge in [-0.1, -0.05) is 0 Å². The minimum absolute atomic E-state index is 0.150. The molecule has 0 atom stereocenters. The zero-order valence-corrected chi connectivity index (χ0v) is 7.27. The molecule has 0 aliphatic carbocycles. The highest BCUT2D eigenvalue weighted by atomic mass is 16.4. The third-order valence-electron chi connectivity index (χ3n) is 1.67. The van der Waals surface area contributed by atoms with Gasteiger partial charge in [-0.15, -0.1) is 0 Å². The van der Waals surface area contributed by atoms with Crippen molar-refractivity contribution in [2.24, 2.45) is 0 Å². The van der Waals surface area contributed by atoms with Gasteiger partial charge in [-0.3, -0.25) is 0 Å². The molecule has 0 heterocycles. The number of carbonyl (C=O) groups is 1. The van der Waals surface area contributed by atoms with Crippen molar-refractivity contribution in [3.05, 3.63) is 35.4 Å². The van der Waals surface area contributed by atoms with Crippen molar-refractivity contribution < 1.29 is 9.90 Å². The molecular weight excluding hydrogens is 180 g/mol. The van der Waals surface area contributed by atoms with Gasteiger partial charge in [-0.25, -0.2) is 4.79 Å². The van der Waals surface area contributed by atoms with Crippen LogP contribution in [-0.2, 0) is 0 Å². The first-order valence-electron chi connectivity index (χ1n) is 3.84. The summed E-state index contributed by atoms with van der Waals surface area (Å²) in [5, 5.41) is 17.0. The fraction of sp³-hybridized carbons (Fsp3) is 0. The molecule has 0 saturated heterocycles. The minimum Gasteiger partial charge on any atom is -0.478 e. The number of carboxylic acid groups (broad SMARTS) is 1. The number of hydrogen-bond acceptors (Lipinski definition) is 3. The van der Waals surface area contributed by atoms with Gasteiger partial charge in [-0.2, -0.15) is 5.26 Å². The molecule has 0 saturated carbocycles. The summed E-state index contributed by atoms with van der Waals surface area (Å²) >= 11 is 0. The van der Waals surface area contributed by atoms with E-state index in [4.69, 9.17) is 16.1 Å². The third-order valence-corrected chi connectivity index (χ3v) is 1.67. The van der Waals surface area contributed by atoms with E-state index in [-0.39, 0.29) is 5.56 Å². The van der Waals surface area contributed by atoms with E-state index in [2.05, 4.69) is 0 Å². The van der Waals surface area contributed by atoms with Crippen molar-refractivity contribution >= 4 is 17.7 Å². The van der Waals surface area contributed by atoms with Crippen LogP contribution in [0.15, 0.2) is 24.3 Å². The van der Waals surface area contributed by atoms with Crippen LogP contribution in [0.3, 0.4) is 0 Å². The van der Waals surface area contributed by atoms with Crippen molar-refractivity contribution in [2.75, 3.05) is 5.73 Å². The van der Waals surface area contributed by atoms with Gasteiger partial charge in [-0.05, 0) is 29.8 Å². The molecule has 4 heteroatoms. The predicted octanol–water partition coefficient (Wildman–Crippen LogP) is 1.50. The second-order valence-corrected chi connectivity index (χ2v) is 2.61. The highest BCUT2D eigenvalue weighted by molar-refractivity contribution is 5.89. The van der Waals surface area contributed by atoms with E-state index in [1.54, 1.807) is 0 Å². The number of anilines is 1. The van der Waals surface area contributed by atoms with E-state index in [0.717, 1.165) is 0 Å². The van der Waals surface area contributed by atoms with Gasteiger partial charge < -0.3 is 10.8 Å². The van der Waals surface area contributed by atoms with Gasteiger partial charge in [0.05, 0.1) is 11.6 Å². The highest BCUT2D eigenvalue weighted by Gasteiger charge is 2.04. The number of nitrogens with zero attached hydrogens (tertiary/aromatic N) is 1. The number of allylic oxidation sites excluding steroid dienone is 1. The first-order valence-corrected chi connectivity index (χ1v) is 3.84. The van der Waals surface area contributed by atoms with Crippen molar-refractivity contribution in [3.8, 4) is 6.07 Å². The quantitative estimate of drug-likeness (QED) is 0.543. The summed E-state index contributed by atoms with van der Waals surface area (Å²) in [5.41, 5.74) is 6.71. The molecule has 14 heavy (non-hydrogen) atoms. The van der Waals surface area contributed by atoms with Gasteiger partial charge in [0, 0.05) is 11.8 Å². The molecule has 0 aliphatic heterocycles. The Morgan fingerprint density at radius 3 is 2.86 bits per heavy atom. The monoisotopic (exact) mass is 188 g/mol. The van der Waals surface area contributed by atoms with E-state index in [0.29, 0.717) is 11.3 Å². The van der Waals surface area contributed by atoms with Gasteiger partial charge in [0.2, 0.25) is 0 Å². The first-order chi connectivity index (χ1) is 6.65. The average Bonchev–Trinajstić information content (AvgIpc) is 2.16. The Hall–Kier alpha value is -2.28. The molecule has 0 spiro atoms. The normalized spacial score (nSPS) is 9.93. The lowest BCUT2D eigenvalue weighted by molar-refractivity contribution is 0.0697. The number of nitrogen functional groups attached to an aromatic ring is 1. The molecule has 0 radical (unpaired) electrons. The van der Waals surface area contributed by atoms with Crippen LogP contribution in [0.1, 0.15) is 15.9 Å². The van der Waals surface area contributed by atoms with Crippen LogP contribution >= 0.6 is 0 Å². The lowest BCUT2D eigenvalue weighted by Gasteiger charge is -2.00. The van der Waals surface area contributed by atoms with E-state index >= 15 is 0 Å². The Labute approximate surface area is 80.9 Å². The topological polar surface area (TPSA) is 87.1 Å². The molecule has 0 aromatic heterocycles. The van der Waals surface area contributed by atoms with Crippen molar-refractivity contribution in [3.63, 3.8) is 0 Å². The molecule has 70 valence electrons. The number of rotatable bonds is 2. The van der Waals surface area contributed by atoms with Crippen LogP contribution in [0, 0.1) is 11.3 Å². The smallest absolute Gasteiger partial charge is 0.335 e. The van der Waals surface area contributed by atoms with Crippen LogP contribution in [0.4, 0.5) is 5.69 Å². The summed E-state index contributed by atoms with van der Waals surface area (Å²) in [6, 6.07) is 6.15. The van der Waals surface area contributed by atoms with Crippen molar-refractivity contribution in [2.45, 2.75) is 0 Å². The van der Waals surface area contributed by atoms with Gasteiger partial charge in [0.15, 0.2) is 0 Å². The Morgan fingerprint density at radius 1 is 1.57 bits per heavy atom. The zero-order valence-electron chi connectivity index (χ0n) is 7.27. The van der Waals surface area contributed by atoms with Crippen LogP contribution in [-0.4, -0.2) is 11.1 Å². The number of nitriles is 1. The van der Waals surface area contributed by atoms with Crippen molar-refractivity contribution in [1.82, 2.24) is 0 Å². The molecule has 4 nitrogen and oxygen atoms in total. The molecule has 0 amide bonds. The standard InChI is InChI=1S/C10H8N2O2/c11-5-1-2-7-6-8(10(13)14)3-4-9(7)12/h1-4,6H,12H2,(H,13,14). The zero-order chi connectivity index (χ0) is 10.6. The van der Waals surface area contributed by atoms with Gasteiger partial charge >= 0.3 is 5.97 Å². The lowest BCUT2D eigenvalue weighted by atomic mass is 10.1. The second-order valence-electron chi connectivity index (χ2n) is 2.61. The Kier molecular flexibility index (Phi) is 2.87. The predicted molar refractivity (Wildman–Crippen MR) is 52.5 cm³/mol. The summed E-state index contributed by atoms with van der Waals surface area (Å²) < 4.78 is 0. The molecule has 0 bridgehead atoms. The Bertz CT molecular complexity index is 430. The number of nitrogens with two attached hydrogens (primary N) is 1. The van der Waals surface area contributed by atoms with Crippen LogP contribution in [0.25, 0.3) is 6.08 Å². The number of hydrogen-bond donors (Lipinski definition) is 2. The summed E-state index contributed by atoms with van der Waals surface area (Å²) in [4.78, 5) is 10.6. The van der Waals surface area contributed by atoms with Crippen molar-refractivity contribution in [1.29, 1.82) is 5.26 Å². The highest BCUT2D eigenvalue weighted by Crippen LogP contribution is 2.15. The molecule has 1 aromatic carbocycles. The molecular formula is C10H8N2O2. The number of aromatic carboxylic acids is 1. The fourth-order valence-electron chi connectivity index (χ4n) is 0.979. The SMILES string of the molecule is N#CC=Cc1cc(C(=O)O)ccc1N. The Morgan fingerprint density at radius 2 is 2.29 bits per heavy atom. The Balaban J connectivity index is 3.16. The van der Waals surface area contributed by atoms with Gasteiger partial charge in [0.1, 0.15) is 0 Å². The van der Waals surface area contributed by atoms with E-state index in [1.807, 2.05) is 6.07 Å². The molecule has 0 unspecified atom stereocenters. The summed E-state index contributed by atoms with van der Waals surface area (Å²) in [5.74, 6) is -1.02. The third kappa shape index (κ3) is 2.11. The fourth-order valence-corrected chi connectivity index (χ4v) is 0.979. The molecule has 3 N–H and O–H groups in total. The maximum atomic E-state index is 10.6. The maximum absolute atomic E-state index is 10.6. The second kappa shape index (κ2) is 4.10. The number of benzene rings is 1.